The van der Waals surface area contributed by atoms with Crippen molar-refractivity contribution in [3.63, 3.8) is 0 Å². The molecule has 0 aromatic heterocycles. The molecular formula is C11H11Cl2NO4S. The van der Waals surface area contributed by atoms with Crippen LogP contribution in [0, 0.1) is 0 Å². The number of aliphatic carboxylic acids is 1. The minimum Gasteiger partial charge on any atom is -0.480 e. The molecule has 1 atom stereocenters. The van der Waals surface area contributed by atoms with Crippen LogP contribution in [0.1, 0.15) is 12.8 Å². The Balaban J connectivity index is 2.45. The molecule has 0 bridgehead atoms. The van der Waals surface area contributed by atoms with Gasteiger partial charge in [0.05, 0.1) is 5.02 Å². The molecule has 1 aliphatic rings. The number of nitrogens with zero attached hydrogens (tertiary/aromatic N) is 1. The molecule has 5 nitrogen and oxygen atoms in total. The van der Waals surface area contributed by atoms with Gasteiger partial charge in [0.1, 0.15) is 10.9 Å². The highest BCUT2D eigenvalue weighted by molar-refractivity contribution is 7.89. The second-order valence-corrected chi connectivity index (χ2v) is 6.89. The fourth-order valence-corrected chi connectivity index (χ4v) is 4.48. The van der Waals surface area contributed by atoms with Crippen LogP contribution in [0.25, 0.3) is 0 Å². The van der Waals surface area contributed by atoms with Crippen molar-refractivity contribution in [2.75, 3.05) is 6.54 Å². The van der Waals surface area contributed by atoms with Gasteiger partial charge in [-0.3, -0.25) is 4.79 Å². The first-order chi connectivity index (χ1) is 8.84. The van der Waals surface area contributed by atoms with Gasteiger partial charge < -0.3 is 5.11 Å². The third-order valence-corrected chi connectivity index (χ3v) is 5.60. The smallest absolute Gasteiger partial charge is 0.322 e. The lowest BCUT2D eigenvalue weighted by Crippen LogP contribution is -2.40. The zero-order valence-electron chi connectivity index (χ0n) is 9.71. The number of carboxylic acids is 1. The molecule has 1 fully saturated rings. The number of carboxylic acid groups (broad SMARTS) is 1. The van der Waals surface area contributed by atoms with Gasteiger partial charge in [0.25, 0.3) is 0 Å². The zero-order chi connectivity index (χ0) is 14.2. The van der Waals surface area contributed by atoms with E-state index in [1.807, 2.05) is 0 Å². The Morgan fingerprint density at radius 1 is 1.37 bits per heavy atom. The summed E-state index contributed by atoms with van der Waals surface area (Å²) in [6, 6.07) is 2.99. The van der Waals surface area contributed by atoms with Crippen LogP contribution in [-0.2, 0) is 14.8 Å². The lowest BCUT2D eigenvalue weighted by molar-refractivity contribution is -0.140. The predicted molar refractivity (Wildman–Crippen MR) is 71.0 cm³/mol. The van der Waals surface area contributed by atoms with Gasteiger partial charge in [-0.25, -0.2) is 8.42 Å². The molecule has 1 unspecified atom stereocenters. The van der Waals surface area contributed by atoms with Crippen molar-refractivity contribution in [3.05, 3.63) is 28.2 Å². The van der Waals surface area contributed by atoms with E-state index in [2.05, 4.69) is 0 Å². The van der Waals surface area contributed by atoms with Gasteiger partial charge in [-0.15, -0.1) is 0 Å². The van der Waals surface area contributed by atoms with E-state index in [1.165, 1.54) is 18.2 Å². The summed E-state index contributed by atoms with van der Waals surface area (Å²) in [5.41, 5.74) is 0. The van der Waals surface area contributed by atoms with Gasteiger partial charge in [0.2, 0.25) is 10.0 Å². The maximum atomic E-state index is 12.4. The topological polar surface area (TPSA) is 74.7 Å². The lowest BCUT2D eigenvalue weighted by Gasteiger charge is -2.21. The van der Waals surface area contributed by atoms with E-state index >= 15 is 0 Å². The van der Waals surface area contributed by atoms with E-state index in [0.29, 0.717) is 17.9 Å². The normalized spacial score (nSPS) is 20.6. The molecule has 1 aliphatic heterocycles. The van der Waals surface area contributed by atoms with Crippen LogP contribution in [0.15, 0.2) is 23.1 Å². The van der Waals surface area contributed by atoms with E-state index < -0.39 is 22.0 Å². The van der Waals surface area contributed by atoms with Crippen molar-refractivity contribution in [3.8, 4) is 0 Å². The highest BCUT2D eigenvalue weighted by Gasteiger charge is 2.40. The first-order valence-corrected chi connectivity index (χ1v) is 7.73. The Morgan fingerprint density at radius 3 is 2.63 bits per heavy atom. The standard InChI is InChI=1S/C11H11Cl2NO4S/c12-7-3-4-10(8(13)6-7)19(17,18)14-5-1-2-9(14)11(15)16/h3-4,6,9H,1-2,5H2,(H,15,16). The number of hydrogen-bond donors (Lipinski definition) is 1. The summed E-state index contributed by atoms with van der Waals surface area (Å²) < 4.78 is 25.8. The van der Waals surface area contributed by atoms with Gasteiger partial charge >= 0.3 is 5.97 Å². The molecule has 1 N–H and O–H groups in total. The molecule has 1 aromatic rings. The summed E-state index contributed by atoms with van der Waals surface area (Å²) in [4.78, 5) is 11.0. The third kappa shape index (κ3) is 2.72. The first kappa shape index (κ1) is 14.6. The Hall–Kier alpha value is -0.820. The van der Waals surface area contributed by atoms with Gasteiger partial charge in [-0.05, 0) is 31.0 Å². The van der Waals surface area contributed by atoms with E-state index in [1.54, 1.807) is 0 Å². The largest absolute Gasteiger partial charge is 0.480 e. The zero-order valence-corrected chi connectivity index (χ0v) is 12.0. The maximum absolute atomic E-state index is 12.4. The number of carbonyl (C=O) groups is 1. The van der Waals surface area contributed by atoms with Crippen molar-refractivity contribution < 1.29 is 18.3 Å². The van der Waals surface area contributed by atoms with Crippen molar-refractivity contribution in [1.29, 1.82) is 0 Å². The SMILES string of the molecule is O=C(O)C1CCCN1S(=O)(=O)c1ccc(Cl)cc1Cl. The number of sulfonamides is 1. The van der Waals surface area contributed by atoms with Crippen LogP contribution in [0.5, 0.6) is 0 Å². The molecule has 19 heavy (non-hydrogen) atoms. The minimum atomic E-state index is -3.92. The van der Waals surface area contributed by atoms with Crippen LogP contribution >= 0.6 is 23.2 Å². The monoisotopic (exact) mass is 323 g/mol. The Labute approximate surface area is 120 Å². The summed E-state index contributed by atoms with van der Waals surface area (Å²) >= 11 is 11.6. The number of benzene rings is 1. The van der Waals surface area contributed by atoms with E-state index in [-0.39, 0.29) is 16.5 Å². The average Bonchev–Trinajstić information content (AvgIpc) is 2.77. The second kappa shape index (κ2) is 5.28. The summed E-state index contributed by atoms with van der Waals surface area (Å²) in [5.74, 6) is -1.15. The fourth-order valence-electron chi connectivity index (χ4n) is 2.09. The molecule has 1 aromatic carbocycles. The van der Waals surface area contributed by atoms with Crippen LogP contribution in [0.4, 0.5) is 0 Å². The number of rotatable bonds is 3. The lowest BCUT2D eigenvalue weighted by atomic mass is 10.2. The molecule has 1 saturated heterocycles. The summed E-state index contributed by atoms with van der Waals surface area (Å²) in [6.07, 6.45) is 0.821. The van der Waals surface area contributed by atoms with Crippen molar-refractivity contribution in [1.82, 2.24) is 4.31 Å². The second-order valence-electron chi connectivity index (χ2n) is 4.19. The average molecular weight is 324 g/mol. The third-order valence-electron chi connectivity index (χ3n) is 2.97. The molecule has 2 rings (SSSR count). The first-order valence-electron chi connectivity index (χ1n) is 5.54. The molecule has 1 heterocycles. The van der Waals surface area contributed by atoms with E-state index in [4.69, 9.17) is 28.3 Å². The molecule has 0 saturated carbocycles. The van der Waals surface area contributed by atoms with Crippen LogP contribution in [0.3, 0.4) is 0 Å². The Kier molecular flexibility index (Phi) is 4.06. The number of halogens is 2. The number of hydrogen-bond acceptors (Lipinski definition) is 3. The molecule has 0 aliphatic carbocycles. The molecular weight excluding hydrogens is 313 g/mol. The fraction of sp³-hybridized carbons (Fsp3) is 0.364. The van der Waals surface area contributed by atoms with Crippen molar-refractivity contribution in [2.24, 2.45) is 0 Å². The highest BCUT2D eigenvalue weighted by Crippen LogP contribution is 2.31. The maximum Gasteiger partial charge on any atom is 0.322 e. The van der Waals surface area contributed by atoms with Gasteiger partial charge in [0, 0.05) is 11.6 Å². The summed E-state index contributed by atoms with van der Waals surface area (Å²) in [6.45, 7) is 0.179. The van der Waals surface area contributed by atoms with Gasteiger partial charge in [-0.2, -0.15) is 4.31 Å². The van der Waals surface area contributed by atoms with Gasteiger partial charge in [0.15, 0.2) is 0 Å². The van der Waals surface area contributed by atoms with Gasteiger partial charge in [-0.1, -0.05) is 23.2 Å². The van der Waals surface area contributed by atoms with E-state index in [9.17, 15) is 13.2 Å². The van der Waals surface area contributed by atoms with Crippen molar-refractivity contribution >= 4 is 39.2 Å². The quantitative estimate of drug-likeness (QED) is 0.925. The Bertz CT molecular complexity index is 617. The Morgan fingerprint density at radius 2 is 2.05 bits per heavy atom. The molecule has 0 spiro atoms. The molecule has 0 amide bonds. The van der Waals surface area contributed by atoms with E-state index in [0.717, 1.165) is 4.31 Å². The summed E-state index contributed by atoms with van der Waals surface area (Å²) in [5, 5.41) is 9.36. The predicted octanol–water partition coefficient (Wildman–Crippen LogP) is 2.23. The van der Waals surface area contributed by atoms with Crippen LogP contribution < -0.4 is 0 Å². The summed E-state index contributed by atoms with van der Waals surface area (Å²) in [7, 11) is -3.92. The highest BCUT2D eigenvalue weighted by atomic mass is 35.5. The molecule has 104 valence electrons. The molecule has 0 radical (unpaired) electrons. The molecule has 8 heteroatoms. The van der Waals surface area contributed by atoms with Crippen molar-refractivity contribution in [2.45, 2.75) is 23.8 Å². The minimum absolute atomic E-state index is 0.0106. The van der Waals surface area contributed by atoms with Crippen LogP contribution in [0.2, 0.25) is 10.0 Å². The van der Waals surface area contributed by atoms with Crippen LogP contribution in [-0.4, -0.2) is 36.4 Å².